The van der Waals surface area contributed by atoms with Gasteiger partial charge in [-0.3, -0.25) is 4.79 Å². The van der Waals surface area contributed by atoms with E-state index in [1.807, 2.05) is 0 Å². The number of carboxylic acids is 1. The van der Waals surface area contributed by atoms with Crippen LogP contribution >= 0.6 is 0 Å². The van der Waals surface area contributed by atoms with Crippen molar-refractivity contribution < 1.29 is 22.7 Å². The van der Waals surface area contributed by atoms with E-state index in [0.717, 1.165) is 10.4 Å². The predicted molar refractivity (Wildman–Crippen MR) is 65.6 cm³/mol. The average molecular weight is 287 g/mol. The molecule has 1 aliphatic heterocycles. The minimum absolute atomic E-state index is 0.104. The minimum atomic E-state index is -3.96. The number of hydrogen-bond donors (Lipinski definition) is 1. The monoisotopic (exact) mass is 287 g/mol. The van der Waals surface area contributed by atoms with Gasteiger partial charge in [0.2, 0.25) is 10.0 Å². The molecule has 1 aromatic carbocycles. The first-order valence-electron chi connectivity index (χ1n) is 5.81. The molecule has 0 bridgehead atoms. The molecule has 0 spiro atoms. The van der Waals surface area contributed by atoms with Crippen LogP contribution in [0.5, 0.6) is 0 Å². The lowest BCUT2D eigenvalue weighted by molar-refractivity contribution is -0.141. The molecule has 1 N–H and O–H groups in total. The summed E-state index contributed by atoms with van der Waals surface area (Å²) in [7, 11) is -3.96. The molecule has 0 amide bonds. The molecule has 1 fully saturated rings. The van der Waals surface area contributed by atoms with Crippen LogP contribution in [-0.4, -0.2) is 36.9 Å². The molecule has 2 rings (SSSR count). The largest absolute Gasteiger partial charge is 0.481 e. The average Bonchev–Trinajstić information content (AvgIpc) is 2.82. The molecule has 1 aromatic rings. The third kappa shape index (κ3) is 2.62. The Kier molecular flexibility index (Phi) is 3.60. The van der Waals surface area contributed by atoms with E-state index in [1.165, 1.54) is 12.1 Å². The number of hydrogen-bond acceptors (Lipinski definition) is 3. The number of aryl methyl sites for hydroxylation is 1. The molecule has 1 aliphatic rings. The Labute approximate surface area is 110 Å². The van der Waals surface area contributed by atoms with Crippen LogP contribution in [0, 0.1) is 18.7 Å². The van der Waals surface area contributed by atoms with E-state index in [1.54, 1.807) is 6.92 Å². The fourth-order valence-corrected chi connectivity index (χ4v) is 3.74. The molecule has 1 atom stereocenters. The molecule has 7 heteroatoms. The van der Waals surface area contributed by atoms with Crippen LogP contribution < -0.4 is 0 Å². The number of rotatable bonds is 3. The zero-order valence-corrected chi connectivity index (χ0v) is 11.2. The van der Waals surface area contributed by atoms with Gasteiger partial charge in [0.05, 0.1) is 5.92 Å². The molecule has 0 saturated carbocycles. The summed E-state index contributed by atoms with van der Waals surface area (Å²) in [5.74, 6) is -2.56. The first kappa shape index (κ1) is 14.0. The van der Waals surface area contributed by atoms with Gasteiger partial charge in [0.1, 0.15) is 10.7 Å². The maximum absolute atomic E-state index is 13.7. The predicted octanol–water partition coefficient (Wildman–Crippen LogP) is 1.23. The molecular formula is C12H14FNO4S. The van der Waals surface area contributed by atoms with Crippen molar-refractivity contribution in [3.8, 4) is 0 Å². The van der Waals surface area contributed by atoms with Crippen LogP contribution in [0.1, 0.15) is 12.0 Å². The van der Waals surface area contributed by atoms with Gasteiger partial charge in [-0.25, -0.2) is 12.8 Å². The number of carbonyl (C=O) groups is 1. The summed E-state index contributed by atoms with van der Waals surface area (Å²) in [6.07, 6.45) is 0.252. The van der Waals surface area contributed by atoms with Crippen molar-refractivity contribution in [3.63, 3.8) is 0 Å². The zero-order valence-electron chi connectivity index (χ0n) is 10.3. The highest BCUT2D eigenvalue weighted by Gasteiger charge is 2.36. The van der Waals surface area contributed by atoms with E-state index in [4.69, 9.17) is 5.11 Å². The molecule has 0 aliphatic carbocycles. The number of carboxylic acid groups (broad SMARTS) is 1. The Bertz CT molecular complexity index is 614. The Morgan fingerprint density at radius 1 is 1.47 bits per heavy atom. The number of nitrogens with zero attached hydrogens (tertiary/aromatic N) is 1. The second-order valence-corrected chi connectivity index (χ2v) is 6.53. The van der Waals surface area contributed by atoms with Gasteiger partial charge in [-0.05, 0) is 31.0 Å². The lowest BCUT2D eigenvalue weighted by Crippen LogP contribution is -2.30. The maximum atomic E-state index is 13.7. The van der Waals surface area contributed by atoms with Gasteiger partial charge >= 0.3 is 5.97 Å². The van der Waals surface area contributed by atoms with Crippen molar-refractivity contribution in [2.24, 2.45) is 5.92 Å². The topological polar surface area (TPSA) is 74.7 Å². The van der Waals surface area contributed by atoms with Crippen molar-refractivity contribution in [1.82, 2.24) is 4.31 Å². The first-order valence-corrected chi connectivity index (χ1v) is 7.25. The molecule has 1 saturated heterocycles. The van der Waals surface area contributed by atoms with Crippen molar-refractivity contribution in [3.05, 3.63) is 29.6 Å². The van der Waals surface area contributed by atoms with Gasteiger partial charge in [0, 0.05) is 13.1 Å². The van der Waals surface area contributed by atoms with Gasteiger partial charge in [-0.1, -0.05) is 6.07 Å². The van der Waals surface area contributed by atoms with E-state index in [2.05, 4.69) is 0 Å². The van der Waals surface area contributed by atoms with E-state index in [9.17, 15) is 17.6 Å². The van der Waals surface area contributed by atoms with Gasteiger partial charge in [0.25, 0.3) is 0 Å². The van der Waals surface area contributed by atoms with Crippen LogP contribution in [0.25, 0.3) is 0 Å². The molecule has 104 valence electrons. The fourth-order valence-electron chi connectivity index (χ4n) is 2.10. The number of sulfonamides is 1. The van der Waals surface area contributed by atoms with Crippen LogP contribution in [0.2, 0.25) is 0 Å². The van der Waals surface area contributed by atoms with Gasteiger partial charge < -0.3 is 5.11 Å². The Hall–Kier alpha value is -1.47. The summed E-state index contributed by atoms with van der Waals surface area (Å²) < 4.78 is 39.2. The zero-order chi connectivity index (χ0) is 14.2. The van der Waals surface area contributed by atoms with E-state index < -0.39 is 32.6 Å². The summed E-state index contributed by atoms with van der Waals surface area (Å²) in [6, 6.07) is 3.85. The molecule has 1 heterocycles. The molecule has 0 aromatic heterocycles. The molecular weight excluding hydrogens is 273 g/mol. The lowest BCUT2D eigenvalue weighted by atomic mass is 10.1. The molecule has 19 heavy (non-hydrogen) atoms. The molecule has 0 unspecified atom stereocenters. The summed E-state index contributed by atoms with van der Waals surface area (Å²) in [6.45, 7) is 1.67. The number of aliphatic carboxylic acids is 1. The normalized spacial score (nSPS) is 20.6. The van der Waals surface area contributed by atoms with Crippen LogP contribution in [0.4, 0.5) is 4.39 Å². The van der Waals surface area contributed by atoms with Crippen molar-refractivity contribution in [1.29, 1.82) is 0 Å². The summed E-state index contributed by atoms with van der Waals surface area (Å²) in [5.41, 5.74) is 0.633. The number of benzene rings is 1. The van der Waals surface area contributed by atoms with Crippen molar-refractivity contribution in [2.45, 2.75) is 18.2 Å². The lowest BCUT2D eigenvalue weighted by Gasteiger charge is -2.16. The summed E-state index contributed by atoms with van der Waals surface area (Å²) in [5, 5.41) is 8.87. The fraction of sp³-hybridized carbons (Fsp3) is 0.417. The van der Waals surface area contributed by atoms with Gasteiger partial charge in [-0.15, -0.1) is 0 Å². The van der Waals surface area contributed by atoms with Crippen molar-refractivity contribution >= 4 is 16.0 Å². The first-order chi connectivity index (χ1) is 8.82. The highest BCUT2D eigenvalue weighted by molar-refractivity contribution is 7.89. The Morgan fingerprint density at radius 2 is 2.16 bits per heavy atom. The SMILES string of the molecule is Cc1ccc(F)c(S(=O)(=O)N2CC[C@@H](C(=O)O)C2)c1. The Balaban J connectivity index is 2.33. The molecule has 5 nitrogen and oxygen atoms in total. The summed E-state index contributed by atoms with van der Waals surface area (Å²) in [4.78, 5) is 10.4. The van der Waals surface area contributed by atoms with E-state index >= 15 is 0 Å². The van der Waals surface area contributed by atoms with Crippen LogP contribution in [0.15, 0.2) is 23.1 Å². The van der Waals surface area contributed by atoms with E-state index in [-0.39, 0.29) is 19.5 Å². The van der Waals surface area contributed by atoms with Crippen LogP contribution in [0.3, 0.4) is 0 Å². The van der Waals surface area contributed by atoms with Gasteiger partial charge in [-0.2, -0.15) is 4.31 Å². The number of halogens is 1. The van der Waals surface area contributed by atoms with E-state index in [0.29, 0.717) is 5.56 Å². The highest BCUT2D eigenvalue weighted by atomic mass is 32.2. The maximum Gasteiger partial charge on any atom is 0.307 e. The standard InChI is InChI=1S/C12H14FNO4S/c1-8-2-3-10(13)11(6-8)19(17,18)14-5-4-9(7-14)12(15)16/h2-3,6,9H,4-5,7H2,1H3,(H,15,16)/t9-/m1/s1. The minimum Gasteiger partial charge on any atom is -0.481 e. The third-order valence-corrected chi connectivity index (χ3v) is 5.08. The van der Waals surface area contributed by atoms with Crippen molar-refractivity contribution in [2.75, 3.05) is 13.1 Å². The highest BCUT2D eigenvalue weighted by Crippen LogP contribution is 2.26. The summed E-state index contributed by atoms with van der Waals surface area (Å²) >= 11 is 0. The smallest absolute Gasteiger partial charge is 0.307 e. The van der Waals surface area contributed by atoms with Crippen LogP contribution in [-0.2, 0) is 14.8 Å². The molecule has 0 radical (unpaired) electrons. The quantitative estimate of drug-likeness (QED) is 0.907. The second kappa shape index (κ2) is 4.90. The third-order valence-electron chi connectivity index (χ3n) is 3.20. The van der Waals surface area contributed by atoms with Gasteiger partial charge in [0.15, 0.2) is 0 Å². The Morgan fingerprint density at radius 3 is 2.74 bits per heavy atom. The second-order valence-electron chi connectivity index (χ2n) is 4.62.